The number of hydrogen-bond donors (Lipinski definition) is 1. The third kappa shape index (κ3) is 1.99. The summed E-state index contributed by atoms with van der Waals surface area (Å²) in [4.78, 5) is 11.9. The van der Waals surface area contributed by atoms with Crippen LogP contribution < -0.4 is 5.32 Å². The van der Waals surface area contributed by atoms with Gasteiger partial charge < -0.3 is 5.32 Å². The average molecular weight is 172 g/mol. The zero-order chi connectivity index (χ0) is 8.93. The van der Waals surface area contributed by atoms with Crippen molar-refractivity contribution in [3.63, 3.8) is 0 Å². The molecule has 0 fully saturated rings. The zero-order valence-electron chi connectivity index (χ0n) is 6.88. The van der Waals surface area contributed by atoms with Crippen LogP contribution in [0.2, 0.25) is 0 Å². The highest BCUT2D eigenvalue weighted by Gasteiger charge is 1.93. The number of aromatic nitrogens is 3. The van der Waals surface area contributed by atoms with Gasteiger partial charge in [0.05, 0.1) is 0 Å². The van der Waals surface area contributed by atoms with E-state index in [2.05, 4.69) is 20.3 Å². The normalized spacial score (nSPS) is 9.54. The number of nitrogens with zero attached hydrogens (tertiary/aromatic N) is 3. The third-order valence-corrected chi connectivity index (χ3v) is 1.50. The molecule has 0 spiro atoms. The SMILES string of the molecule is c1ccc(Nc2ccncn2)nc1. The predicted octanol–water partition coefficient (Wildman–Crippen LogP) is 1.62. The fourth-order valence-corrected chi connectivity index (χ4v) is 0.933. The molecule has 64 valence electrons. The molecule has 0 bridgehead atoms. The minimum Gasteiger partial charge on any atom is -0.325 e. The van der Waals surface area contributed by atoms with Crippen LogP contribution in [0, 0.1) is 0 Å². The quantitative estimate of drug-likeness (QED) is 0.747. The topological polar surface area (TPSA) is 50.7 Å². The molecule has 0 radical (unpaired) electrons. The van der Waals surface area contributed by atoms with Gasteiger partial charge in [0, 0.05) is 12.4 Å². The number of nitrogens with one attached hydrogen (secondary N) is 1. The van der Waals surface area contributed by atoms with Gasteiger partial charge in [-0.25, -0.2) is 15.0 Å². The molecule has 0 atom stereocenters. The van der Waals surface area contributed by atoms with Crippen molar-refractivity contribution in [3.05, 3.63) is 43.0 Å². The Kier molecular flexibility index (Phi) is 2.14. The second-order valence-corrected chi connectivity index (χ2v) is 2.43. The molecule has 4 heteroatoms. The van der Waals surface area contributed by atoms with E-state index in [-0.39, 0.29) is 0 Å². The van der Waals surface area contributed by atoms with Crippen molar-refractivity contribution in [2.75, 3.05) is 5.32 Å². The van der Waals surface area contributed by atoms with Gasteiger partial charge in [0.2, 0.25) is 0 Å². The highest BCUT2D eigenvalue weighted by Crippen LogP contribution is 2.08. The second-order valence-electron chi connectivity index (χ2n) is 2.43. The summed E-state index contributed by atoms with van der Waals surface area (Å²) in [7, 11) is 0. The van der Waals surface area contributed by atoms with E-state index in [4.69, 9.17) is 0 Å². The molecule has 4 nitrogen and oxygen atoms in total. The zero-order valence-corrected chi connectivity index (χ0v) is 6.88. The first kappa shape index (κ1) is 7.67. The molecular formula is C9H8N4. The third-order valence-electron chi connectivity index (χ3n) is 1.50. The van der Waals surface area contributed by atoms with Gasteiger partial charge in [-0.15, -0.1) is 0 Å². The minimum atomic E-state index is 0.744. The monoisotopic (exact) mass is 172 g/mol. The number of pyridine rings is 1. The van der Waals surface area contributed by atoms with E-state index < -0.39 is 0 Å². The van der Waals surface area contributed by atoms with Gasteiger partial charge in [-0.05, 0) is 18.2 Å². The minimum absolute atomic E-state index is 0.744. The molecule has 13 heavy (non-hydrogen) atoms. The molecule has 0 aliphatic carbocycles. The molecule has 0 aliphatic heterocycles. The summed E-state index contributed by atoms with van der Waals surface area (Å²) in [6.45, 7) is 0. The van der Waals surface area contributed by atoms with Crippen molar-refractivity contribution in [3.8, 4) is 0 Å². The molecule has 2 aromatic rings. The van der Waals surface area contributed by atoms with Crippen LogP contribution in [0.4, 0.5) is 11.6 Å². The fraction of sp³-hybridized carbons (Fsp3) is 0. The smallest absolute Gasteiger partial charge is 0.134 e. The lowest BCUT2D eigenvalue weighted by molar-refractivity contribution is 1.16. The lowest BCUT2D eigenvalue weighted by Crippen LogP contribution is -1.94. The molecule has 0 unspecified atom stereocenters. The Morgan fingerprint density at radius 3 is 2.54 bits per heavy atom. The van der Waals surface area contributed by atoms with E-state index in [1.165, 1.54) is 6.33 Å². The summed E-state index contributed by atoms with van der Waals surface area (Å²) >= 11 is 0. The van der Waals surface area contributed by atoms with Crippen LogP contribution >= 0.6 is 0 Å². The summed E-state index contributed by atoms with van der Waals surface area (Å²) in [5.41, 5.74) is 0. The van der Waals surface area contributed by atoms with E-state index in [0.29, 0.717) is 0 Å². The Morgan fingerprint density at radius 1 is 0.923 bits per heavy atom. The highest BCUT2D eigenvalue weighted by atomic mass is 15.1. The molecule has 0 amide bonds. The number of rotatable bonds is 2. The summed E-state index contributed by atoms with van der Waals surface area (Å²) in [5.74, 6) is 1.52. The molecule has 1 N–H and O–H groups in total. The molecule has 0 saturated heterocycles. The molecule has 2 aromatic heterocycles. The lowest BCUT2D eigenvalue weighted by atomic mass is 10.4. The summed E-state index contributed by atoms with van der Waals surface area (Å²) in [6.07, 6.45) is 4.90. The molecule has 0 saturated carbocycles. The maximum absolute atomic E-state index is 4.10. The molecule has 0 aliphatic rings. The first-order valence-corrected chi connectivity index (χ1v) is 3.89. The van der Waals surface area contributed by atoms with Crippen molar-refractivity contribution in [2.24, 2.45) is 0 Å². The maximum Gasteiger partial charge on any atom is 0.134 e. The maximum atomic E-state index is 4.10. The standard InChI is InChI=1S/C9H8N4/c1-2-5-11-8(3-1)13-9-4-6-10-7-12-9/h1-7H,(H,10,11,12,13). The Bertz CT molecular complexity index is 322. The fourth-order valence-electron chi connectivity index (χ4n) is 0.933. The summed E-state index contributed by atoms with van der Waals surface area (Å²) in [6, 6.07) is 7.44. The molecule has 2 rings (SSSR count). The van der Waals surface area contributed by atoms with Gasteiger partial charge >= 0.3 is 0 Å². The predicted molar refractivity (Wildman–Crippen MR) is 49.6 cm³/mol. The van der Waals surface area contributed by atoms with E-state index in [1.807, 2.05) is 18.2 Å². The van der Waals surface area contributed by atoms with E-state index in [9.17, 15) is 0 Å². The van der Waals surface area contributed by atoms with E-state index >= 15 is 0 Å². The van der Waals surface area contributed by atoms with Gasteiger partial charge in [0.1, 0.15) is 18.0 Å². The van der Waals surface area contributed by atoms with Gasteiger partial charge in [-0.3, -0.25) is 0 Å². The largest absolute Gasteiger partial charge is 0.325 e. The van der Waals surface area contributed by atoms with Crippen molar-refractivity contribution >= 4 is 11.6 Å². The van der Waals surface area contributed by atoms with Crippen LogP contribution in [0.3, 0.4) is 0 Å². The van der Waals surface area contributed by atoms with Crippen LogP contribution in [0.5, 0.6) is 0 Å². The van der Waals surface area contributed by atoms with Gasteiger partial charge in [0.25, 0.3) is 0 Å². The van der Waals surface area contributed by atoms with E-state index in [0.717, 1.165) is 11.6 Å². The summed E-state index contributed by atoms with van der Waals surface area (Å²) < 4.78 is 0. The van der Waals surface area contributed by atoms with Crippen LogP contribution in [-0.2, 0) is 0 Å². The van der Waals surface area contributed by atoms with Crippen molar-refractivity contribution in [1.82, 2.24) is 15.0 Å². The van der Waals surface area contributed by atoms with Crippen molar-refractivity contribution < 1.29 is 0 Å². The first-order chi connectivity index (χ1) is 6.45. The summed E-state index contributed by atoms with van der Waals surface area (Å²) in [5, 5.41) is 3.04. The lowest BCUT2D eigenvalue weighted by Gasteiger charge is -2.01. The van der Waals surface area contributed by atoms with Crippen molar-refractivity contribution in [1.29, 1.82) is 0 Å². The highest BCUT2D eigenvalue weighted by molar-refractivity contribution is 5.49. The Hall–Kier alpha value is -1.97. The van der Waals surface area contributed by atoms with Gasteiger partial charge in [0.15, 0.2) is 0 Å². The van der Waals surface area contributed by atoms with Crippen LogP contribution in [0.25, 0.3) is 0 Å². The number of anilines is 2. The number of hydrogen-bond acceptors (Lipinski definition) is 4. The average Bonchev–Trinajstić information content (AvgIpc) is 2.21. The molecular weight excluding hydrogens is 164 g/mol. The second kappa shape index (κ2) is 3.62. The Morgan fingerprint density at radius 2 is 1.85 bits per heavy atom. The Labute approximate surface area is 75.7 Å². The molecule has 0 aromatic carbocycles. The first-order valence-electron chi connectivity index (χ1n) is 3.89. The van der Waals surface area contributed by atoms with E-state index in [1.54, 1.807) is 18.5 Å². The van der Waals surface area contributed by atoms with Crippen molar-refractivity contribution in [2.45, 2.75) is 0 Å². The Balaban J connectivity index is 2.16. The van der Waals surface area contributed by atoms with Gasteiger partial charge in [-0.1, -0.05) is 6.07 Å². The van der Waals surface area contributed by atoms with Crippen LogP contribution in [0.1, 0.15) is 0 Å². The molecule has 2 heterocycles. The van der Waals surface area contributed by atoms with Gasteiger partial charge in [-0.2, -0.15) is 0 Å². The van der Waals surface area contributed by atoms with Crippen LogP contribution in [-0.4, -0.2) is 15.0 Å². The van der Waals surface area contributed by atoms with Crippen LogP contribution in [0.15, 0.2) is 43.0 Å².